The van der Waals surface area contributed by atoms with Crippen molar-refractivity contribution in [1.29, 1.82) is 0 Å². The van der Waals surface area contributed by atoms with E-state index in [1.54, 1.807) is 4.90 Å². The van der Waals surface area contributed by atoms with E-state index < -0.39 is 30.4 Å². The van der Waals surface area contributed by atoms with Crippen LogP contribution in [0.25, 0.3) is 0 Å². The van der Waals surface area contributed by atoms with Gasteiger partial charge in [-0.2, -0.15) is 13.2 Å². The number of nitrogens with one attached hydrogen (secondary N) is 1. The fourth-order valence-corrected chi connectivity index (χ4v) is 3.55. The Hall–Kier alpha value is -2.03. The van der Waals surface area contributed by atoms with Crippen LogP contribution >= 0.6 is 0 Å². The predicted octanol–water partition coefficient (Wildman–Crippen LogP) is 3.33. The van der Waals surface area contributed by atoms with E-state index in [0.717, 1.165) is 38.1 Å². The average Bonchev–Trinajstić information content (AvgIpc) is 2.96. The minimum Gasteiger partial charge on any atom is -0.481 e. The van der Waals surface area contributed by atoms with E-state index >= 15 is 0 Å². The smallest absolute Gasteiger partial charge is 0.422 e. The lowest BCUT2D eigenvalue weighted by Gasteiger charge is -2.20. The number of alkyl halides is 3. The number of carbonyl (C=O) groups is 1. The molecule has 0 radical (unpaired) electrons. The van der Waals surface area contributed by atoms with E-state index in [4.69, 9.17) is 4.74 Å². The van der Waals surface area contributed by atoms with Gasteiger partial charge in [-0.15, -0.1) is 0 Å². The van der Waals surface area contributed by atoms with Gasteiger partial charge in [-0.25, -0.2) is 9.18 Å². The van der Waals surface area contributed by atoms with Gasteiger partial charge in [-0.05, 0) is 55.5 Å². The Labute approximate surface area is 154 Å². The number of halogens is 4. The molecular formula is C18H22F4N2O3. The van der Waals surface area contributed by atoms with Gasteiger partial charge in [0, 0.05) is 13.1 Å². The Kier molecular flexibility index (Phi) is 6.08. The molecule has 9 heteroatoms. The normalized spacial score (nSPS) is 22.9. The van der Waals surface area contributed by atoms with Crippen molar-refractivity contribution < 1.29 is 31.8 Å². The highest BCUT2D eigenvalue weighted by molar-refractivity contribution is 5.67. The molecule has 0 saturated carbocycles. The summed E-state index contributed by atoms with van der Waals surface area (Å²) in [4.78, 5) is 13.9. The summed E-state index contributed by atoms with van der Waals surface area (Å²) < 4.78 is 59.9. The Bertz CT molecular complexity index is 654. The zero-order valence-corrected chi connectivity index (χ0v) is 14.7. The third kappa shape index (κ3) is 5.47. The van der Waals surface area contributed by atoms with Crippen molar-refractivity contribution in [3.05, 3.63) is 29.6 Å². The molecular weight excluding hydrogens is 368 g/mol. The molecule has 5 nitrogen and oxygen atoms in total. The van der Waals surface area contributed by atoms with Gasteiger partial charge in [-0.1, -0.05) is 6.07 Å². The molecule has 0 bridgehead atoms. The highest BCUT2D eigenvalue weighted by Crippen LogP contribution is 2.27. The van der Waals surface area contributed by atoms with Crippen molar-refractivity contribution in [2.24, 2.45) is 11.8 Å². The Morgan fingerprint density at radius 2 is 1.85 bits per heavy atom. The number of hydrogen-bond donors (Lipinski definition) is 1. The van der Waals surface area contributed by atoms with Crippen molar-refractivity contribution in [3.63, 3.8) is 0 Å². The van der Waals surface area contributed by atoms with Crippen LogP contribution in [0.5, 0.6) is 5.75 Å². The minimum absolute atomic E-state index is 0.153. The van der Waals surface area contributed by atoms with E-state index in [9.17, 15) is 22.4 Å². The van der Waals surface area contributed by atoms with Crippen LogP contribution in [0.3, 0.4) is 0 Å². The Balaban J connectivity index is 1.49. The molecule has 27 heavy (non-hydrogen) atoms. The van der Waals surface area contributed by atoms with Gasteiger partial charge < -0.3 is 19.7 Å². The number of nitrogens with zero attached hydrogens (tertiary/aromatic N) is 1. The van der Waals surface area contributed by atoms with E-state index in [0.29, 0.717) is 30.5 Å². The highest BCUT2D eigenvalue weighted by Gasteiger charge is 2.32. The van der Waals surface area contributed by atoms with E-state index in [-0.39, 0.29) is 6.61 Å². The van der Waals surface area contributed by atoms with Gasteiger partial charge in [0.2, 0.25) is 0 Å². The molecule has 2 aliphatic heterocycles. The largest absolute Gasteiger partial charge is 0.481 e. The molecule has 0 aliphatic carbocycles. The van der Waals surface area contributed by atoms with Gasteiger partial charge in [0.15, 0.2) is 18.2 Å². The molecule has 2 aliphatic rings. The third-order valence-corrected chi connectivity index (χ3v) is 5.03. The molecule has 1 aromatic rings. The third-order valence-electron chi connectivity index (χ3n) is 5.03. The summed E-state index contributed by atoms with van der Waals surface area (Å²) in [5, 5.41) is 3.37. The fourth-order valence-electron chi connectivity index (χ4n) is 3.55. The molecule has 3 rings (SSSR count). The van der Waals surface area contributed by atoms with Crippen LogP contribution in [-0.2, 0) is 11.3 Å². The van der Waals surface area contributed by atoms with Crippen LogP contribution in [0.1, 0.15) is 18.4 Å². The fraction of sp³-hybridized carbons (Fsp3) is 0.611. The van der Waals surface area contributed by atoms with E-state index in [2.05, 4.69) is 10.1 Å². The summed E-state index contributed by atoms with van der Waals surface area (Å²) in [5.74, 6) is -0.250. The van der Waals surface area contributed by atoms with Gasteiger partial charge in [0.05, 0.1) is 0 Å². The van der Waals surface area contributed by atoms with Crippen LogP contribution in [-0.4, -0.2) is 50.0 Å². The lowest BCUT2D eigenvalue weighted by molar-refractivity contribution is -0.153. The number of ether oxygens (including phenoxy) is 2. The molecule has 1 amide bonds. The quantitative estimate of drug-likeness (QED) is 0.802. The van der Waals surface area contributed by atoms with Gasteiger partial charge in [0.1, 0.15) is 6.61 Å². The first-order valence-electron chi connectivity index (χ1n) is 8.92. The number of likely N-dealkylation sites (tertiary alicyclic amines) is 1. The Morgan fingerprint density at radius 3 is 2.44 bits per heavy atom. The second-order valence-corrected chi connectivity index (χ2v) is 6.97. The maximum absolute atomic E-state index is 13.8. The SMILES string of the molecule is O=C(OCc1ccc(OCC(F)(F)F)c(F)c1)N1CC[C@@H]2CNC[C@@H]2CC1. The van der Waals surface area contributed by atoms with Crippen molar-refractivity contribution in [2.45, 2.75) is 25.6 Å². The lowest BCUT2D eigenvalue weighted by Crippen LogP contribution is -2.33. The van der Waals surface area contributed by atoms with Gasteiger partial charge in [0.25, 0.3) is 0 Å². The lowest BCUT2D eigenvalue weighted by atomic mass is 9.92. The molecule has 1 N–H and O–H groups in total. The number of fused-ring (bicyclic) bond motifs is 1. The second kappa shape index (κ2) is 8.33. The zero-order valence-electron chi connectivity index (χ0n) is 14.7. The predicted molar refractivity (Wildman–Crippen MR) is 88.8 cm³/mol. The standard InChI is InChI=1S/C18H22F4N2O3/c19-15-7-12(1-2-16(15)27-11-18(20,21)22)10-26-17(25)24-5-3-13-8-23-9-14(13)4-6-24/h1-2,7,13-14,23H,3-6,8-11H2/t13-,14+. The summed E-state index contributed by atoms with van der Waals surface area (Å²) in [6.45, 7) is 1.50. The molecule has 2 fully saturated rings. The van der Waals surface area contributed by atoms with Crippen LogP contribution < -0.4 is 10.1 Å². The van der Waals surface area contributed by atoms with Gasteiger partial charge >= 0.3 is 12.3 Å². The first kappa shape index (κ1) is 19.7. The topological polar surface area (TPSA) is 50.8 Å². The van der Waals surface area contributed by atoms with Crippen LogP contribution in [0.4, 0.5) is 22.4 Å². The molecule has 2 atom stereocenters. The van der Waals surface area contributed by atoms with Crippen molar-refractivity contribution in [3.8, 4) is 5.75 Å². The average molecular weight is 390 g/mol. The number of amides is 1. The minimum atomic E-state index is -4.54. The highest BCUT2D eigenvalue weighted by atomic mass is 19.4. The van der Waals surface area contributed by atoms with Crippen molar-refractivity contribution >= 4 is 6.09 Å². The molecule has 0 aromatic heterocycles. The van der Waals surface area contributed by atoms with Crippen molar-refractivity contribution in [1.82, 2.24) is 10.2 Å². The number of rotatable bonds is 4. The second-order valence-electron chi connectivity index (χ2n) is 6.97. The maximum atomic E-state index is 13.8. The van der Waals surface area contributed by atoms with Crippen LogP contribution in [0.2, 0.25) is 0 Å². The molecule has 0 unspecified atom stereocenters. The van der Waals surface area contributed by atoms with E-state index in [1.165, 1.54) is 6.07 Å². The number of hydrogen-bond acceptors (Lipinski definition) is 4. The molecule has 2 heterocycles. The monoisotopic (exact) mass is 390 g/mol. The molecule has 1 aromatic carbocycles. The summed E-state index contributed by atoms with van der Waals surface area (Å²) in [7, 11) is 0. The number of carbonyl (C=O) groups excluding carboxylic acids is 1. The summed E-state index contributed by atoms with van der Waals surface area (Å²) in [6.07, 6.45) is -3.15. The molecule has 150 valence electrons. The molecule has 0 spiro atoms. The van der Waals surface area contributed by atoms with Gasteiger partial charge in [-0.3, -0.25) is 0 Å². The maximum Gasteiger partial charge on any atom is 0.422 e. The summed E-state index contributed by atoms with van der Waals surface area (Å²) >= 11 is 0. The summed E-state index contributed by atoms with van der Waals surface area (Å²) in [6, 6.07) is 3.49. The summed E-state index contributed by atoms with van der Waals surface area (Å²) in [5.41, 5.74) is 0.344. The van der Waals surface area contributed by atoms with Crippen LogP contribution in [0, 0.1) is 17.7 Å². The molecule has 2 saturated heterocycles. The zero-order chi connectivity index (χ0) is 19.4. The van der Waals surface area contributed by atoms with Crippen molar-refractivity contribution in [2.75, 3.05) is 32.8 Å². The Morgan fingerprint density at radius 1 is 1.19 bits per heavy atom. The first-order valence-corrected chi connectivity index (χ1v) is 8.92. The van der Waals surface area contributed by atoms with E-state index in [1.807, 2.05) is 0 Å². The number of benzene rings is 1. The first-order chi connectivity index (χ1) is 12.8. The van der Waals surface area contributed by atoms with Crippen LogP contribution in [0.15, 0.2) is 18.2 Å².